The summed E-state index contributed by atoms with van der Waals surface area (Å²) in [5.74, 6) is -0.430. The van der Waals surface area contributed by atoms with Crippen molar-refractivity contribution >= 4 is 51.6 Å². The second-order valence-corrected chi connectivity index (χ2v) is 9.42. The summed E-state index contributed by atoms with van der Waals surface area (Å²) in [5.41, 5.74) is 1.31. The molecule has 0 bridgehead atoms. The van der Waals surface area contributed by atoms with Gasteiger partial charge in [0.1, 0.15) is 11.0 Å². The molecule has 2 aromatic carbocycles. The number of hydrazone groups is 1. The van der Waals surface area contributed by atoms with Crippen molar-refractivity contribution in [2.75, 3.05) is 4.90 Å². The van der Waals surface area contributed by atoms with E-state index in [1.54, 1.807) is 36.5 Å². The third-order valence-corrected chi connectivity index (χ3v) is 7.36. The van der Waals surface area contributed by atoms with Crippen LogP contribution in [-0.4, -0.2) is 37.8 Å². The molecule has 4 heterocycles. The molecule has 3 atom stereocenters. The summed E-state index contributed by atoms with van der Waals surface area (Å²) in [6.45, 7) is 1.78. The van der Waals surface area contributed by atoms with E-state index in [2.05, 4.69) is 9.97 Å². The normalized spacial score (nSPS) is 23.4. The number of carbonyl (C=O) groups excluding carboxylic acids is 1. The third kappa shape index (κ3) is 3.40. The summed E-state index contributed by atoms with van der Waals surface area (Å²) in [5, 5.41) is 6.55. The lowest BCUT2D eigenvalue weighted by Crippen LogP contribution is -2.77. The quantitative estimate of drug-likeness (QED) is 0.202. The SMILES string of the molecule is CC1(N2N=C(c3ccncc3)OC2c2cc3ccccc3nc2Cl)C(Cl)C(=O)N1c1ccc(F)cc1. The molecule has 2 aromatic heterocycles. The molecule has 2 aliphatic rings. The van der Waals surface area contributed by atoms with E-state index in [9.17, 15) is 9.18 Å². The van der Waals surface area contributed by atoms with E-state index >= 15 is 0 Å². The number of ether oxygens (including phenoxy) is 1. The van der Waals surface area contributed by atoms with Crippen LogP contribution in [0.5, 0.6) is 0 Å². The molecule has 1 amide bonds. The zero-order valence-corrected chi connectivity index (χ0v) is 20.4. The number of β-lactam (4-membered cyclic amide) rings is 1. The molecular formula is C26H18Cl2FN5O2. The summed E-state index contributed by atoms with van der Waals surface area (Å²) in [4.78, 5) is 23.1. The van der Waals surface area contributed by atoms with E-state index in [0.29, 0.717) is 22.7 Å². The molecule has 0 radical (unpaired) electrons. The van der Waals surface area contributed by atoms with Crippen LogP contribution < -0.4 is 4.90 Å². The number of rotatable bonds is 4. The minimum atomic E-state index is -1.16. The number of halogens is 3. The Kier molecular flexibility index (Phi) is 5.31. The maximum atomic E-state index is 13.6. The van der Waals surface area contributed by atoms with Gasteiger partial charge in [-0.25, -0.2) is 14.4 Å². The highest BCUT2D eigenvalue weighted by Gasteiger charge is 2.64. The molecular weight excluding hydrogens is 504 g/mol. The van der Waals surface area contributed by atoms with Crippen LogP contribution in [-0.2, 0) is 9.53 Å². The molecule has 0 spiro atoms. The smallest absolute Gasteiger partial charge is 0.251 e. The predicted octanol–water partition coefficient (Wildman–Crippen LogP) is 5.49. The summed E-state index contributed by atoms with van der Waals surface area (Å²) < 4.78 is 20.0. The number of nitrogens with zero attached hydrogens (tertiary/aromatic N) is 5. The number of carbonyl (C=O) groups is 1. The van der Waals surface area contributed by atoms with Crippen molar-refractivity contribution in [3.8, 4) is 0 Å². The highest BCUT2D eigenvalue weighted by molar-refractivity contribution is 6.38. The molecule has 1 saturated heterocycles. The first-order chi connectivity index (χ1) is 17.4. The van der Waals surface area contributed by atoms with Gasteiger partial charge in [-0.15, -0.1) is 16.7 Å². The lowest BCUT2D eigenvalue weighted by atomic mass is 9.91. The van der Waals surface area contributed by atoms with Gasteiger partial charge in [0.2, 0.25) is 12.1 Å². The molecule has 6 rings (SSSR count). The van der Waals surface area contributed by atoms with Gasteiger partial charge < -0.3 is 4.74 Å². The third-order valence-electron chi connectivity index (χ3n) is 6.46. The highest BCUT2D eigenvalue weighted by Crippen LogP contribution is 2.49. The topological polar surface area (TPSA) is 70.9 Å². The van der Waals surface area contributed by atoms with Crippen LogP contribution in [0.15, 0.2) is 84.2 Å². The van der Waals surface area contributed by atoms with Gasteiger partial charge in [-0.2, -0.15) is 0 Å². The molecule has 180 valence electrons. The van der Waals surface area contributed by atoms with E-state index < -0.39 is 23.1 Å². The Bertz CT molecular complexity index is 1520. The van der Waals surface area contributed by atoms with Crippen molar-refractivity contribution in [1.29, 1.82) is 0 Å². The Labute approximate surface area is 215 Å². The maximum absolute atomic E-state index is 13.6. The molecule has 2 aliphatic heterocycles. The number of fused-ring (bicyclic) bond motifs is 1. The fraction of sp³-hybridized carbons (Fsp3) is 0.154. The number of hydrogen-bond donors (Lipinski definition) is 0. The molecule has 3 unspecified atom stereocenters. The van der Waals surface area contributed by atoms with E-state index in [-0.39, 0.29) is 11.1 Å². The molecule has 0 saturated carbocycles. The standard InChI is InChI=1S/C26H18Cl2FN5O2/c1-26(21(27)24(35)33(26)18-8-6-17(29)7-9-18)34-25(36-23(32-34)15-10-12-30-13-11-15)19-14-16-4-2-3-5-20(16)31-22(19)28/h2-14,21,25H,1H3. The molecule has 0 aliphatic carbocycles. The number of pyridine rings is 2. The molecule has 36 heavy (non-hydrogen) atoms. The molecule has 4 aromatic rings. The lowest BCUT2D eigenvalue weighted by Gasteiger charge is -2.56. The van der Waals surface area contributed by atoms with Crippen LogP contribution in [0.25, 0.3) is 10.9 Å². The van der Waals surface area contributed by atoms with Crippen molar-refractivity contribution in [3.05, 3.63) is 101 Å². The highest BCUT2D eigenvalue weighted by atomic mass is 35.5. The Balaban J connectivity index is 1.50. The van der Waals surface area contributed by atoms with Crippen molar-refractivity contribution in [2.45, 2.75) is 24.2 Å². The van der Waals surface area contributed by atoms with Crippen LogP contribution in [0.1, 0.15) is 24.3 Å². The second-order valence-electron chi connectivity index (χ2n) is 8.62. The summed E-state index contributed by atoms with van der Waals surface area (Å²) >= 11 is 13.3. The molecule has 7 nitrogen and oxygen atoms in total. The Hall–Kier alpha value is -3.75. The zero-order valence-electron chi connectivity index (χ0n) is 18.8. The molecule has 10 heteroatoms. The Morgan fingerprint density at radius 2 is 1.78 bits per heavy atom. The average Bonchev–Trinajstić information content (AvgIpc) is 3.35. The van der Waals surface area contributed by atoms with E-state index in [0.717, 1.165) is 10.9 Å². The number of hydrogen-bond acceptors (Lipinski definition) is 6. The monoisotopic (exact) mass is 521 g/mol. The van der Waals surface area contributed by atoms with Gasteiger partial charge >= 0.3 is 0 Å². The van der Waals surface area contributed by atoms with Crippen molar-refractivity contribution in [3.63, 3.8) is 0 Å². The van der Waals surface area contributed by atoms with Crippen LogP contribution in [0, 0.1) is 5.82 Å². The first-order valence-electron chi connectivity index (χ1n) is 11.1. The van der Waals surface area contributed by atoms with Gasteiger partial charge in [0.05, 0.1) is 11.1 Å². The van der Waals surface area contributed by atoms with Crippen LogP contribution in [0.2, 0.25) is 5.15 Å². The average molecular weight is 522 g/mol. The van der Waals surface area contributed by atoms with E-state index in [1.165, 1.54) is 29.2 Å². The summed E-state index contributed by atoms with van der Waals surface area (Å²) in [7, 11) is 0. The molecule has 0 N–H and O–H groups in total. The van der Waals surface area contributed by atoms with Gasteiger partial charge in [-0.1, -0.05) is 29.8 Å². The first kappa shape index (κ1) is 22.7. The number of benzene rings is 2. The number of alkyl halides is 1. The first-order valence-corrected chi connectivity index (χ1v) is 11.9. The van der Waals surface area contributed by atoms with Crippen molar-refractivity contribution in [2.24, 2.45) is 5.10 Å². The predicted molar refractivity (Wildman–Crippen MR) is 135 cm³/mol. The van der Waals surface area contributed by atoms with Gasteiger partial charge in [-0.05, 0) is 55.5 Å². The summed E-state index contributed by atoms with van der Waals surface area (Å²) in [6, 6.07) is 18.6. The zero-order chi connectivity index (χ0) is 25.0. The Morgan fingerprint density at radius 3 is 2.53 bits per heavy atom. The minimum Gasteiger partial charge on any atom is -0.446 e. The summed E-state index contributed by atoms with van der Waals surface area (Å²) in [6.07, 6.45) is 2.42. The Morgan fingerprint density at radius 1 is 1.06 bits per heavy atom. The number of aromatic nitrogens is 2. The van der Waals surface area contributed by atoms with Gasteiger partial charge in [0, 0.05) is 29.0 Å². The van der Waals surface area contributed by atoms with Gasteiger partial charge in [-0.3, -0.25) is 14.7 Å². The van der Waals surface area contributed by atoms with Gasteiger partial charge in [0.25, 0.3) is 5.91 Å². The molecule has 1 fully saturated rings. The number of para-hydroxylation sites is 1. The van der Waals surface area contributed by atoms with E-state index in [1.807, 2.05) is 30.3 Å². The van der Waals surface area contributed by atoms with Crippen molar-refractivity contribution in [1.82, 2.24) is 15.0 Å². The van der Waals surface area contributed by atoms with Crippen LogP contribution in [0.3, 0.4) is 0 Å². The van der Waals surface area contributed by atoms with Crippen LogP contribution >= 0.6 is 23.2 Å². The number of amides is 1. The second kappa shape index (κ2) is 8.43. The maximum Gasteiger partial charge on any atom is 0.251 e. The largest absolute Gasteiger partial charge is 0.446 e. The fourth-order valence-electron chi connectivity index (χ4n) is 4.58. The fourth-order valence-corrected chi connectivity index (χ4v) is 5.11. The van der Waals surface area contributed by atoms with Crippen molar-refractivity contribution < 1.29 is 13.9 Å². The van der Waals surface area contributed by atoms with E-state index in [4.69, 9.17) is 33.0 Å². The van der Waals surface area contributed by atoms with Crippen LogP contribution in [0.4, 0.5) is 10.1 Å². The number of anilines is 1. The van der Waals surface area contributed by atoms with Gasteiger partial charge in [0.15, 0.2) is 11.0 Å². The minimum absolute atomic E-state index is 0.239. The lowest BCUT2D eigenvalue weighted by molar-refractivity contribution is -0.138.